The Bertz CT molecular complexity index is 518. The van der Waals surface area contributed by atoms with Crippen molar-refractivity contribution in [1.82, 2.24) is 0 Å². The zero-order valence-electron chi connectivity index (χ0n) is 6.82. The summed E-state index contributed by atoms with van der Waals surface area (Å²) in [7, 11) is 0. The van der Waals surface area contributed by atoms with Gasteiger partial charge in [0.1, 0.15) is 5.75 Å². The third-order valence-corrected chi connectivity index (χ3v) is 3.91. The molecule has 0 saturated carbocycles. The number of benzene rings is 1. The van der Waals surface area contributed by atoms with Crippen molar-refractivity contribution in [2.24, 2.45) is 0 Å². The van der Waals surface area contributed by atoms with E-state index in [-0.39, 0.29) is 11.3 Å². The Hall–Kier alpha value is -1.07. The lowest BCUT2D eigenvalue weighted by Gasteiger charge is -2.02. The molecule has 0 atom stereocenters. The Kier molecular flexibility index (Phi) is 2.20. The molecule has 0 aliphatic carbocycles. The second kappa shape index (κ2) is 3.25. The number of phenols is 1. The fourth-order valence-corrected chi connectivity index (χ4v) is 2.87. The normalized spacial score (nSPS) is 10.6. The molecule has 0 aliphatic heterocycles. The van der Waals surface area contributed by atoms with E-state index in [9.17, 15) is 9.90 Å². The molecule has 0 radical (unpaired) electrons. The minimum atomic E-state index is -1.05. The zero-order valence-corrected chi connectivity index (χ0v) is 9.22. The Morgan fingerprint density at radius 1 is 1.50 bits per heavy atom. The standard InChI is InChI=1S/C9H5BrO3S/c10-7-5(9(12)13)3-6(11)4-1-2-14-8(4)7/h1-3,11H,(H,12,13). The van der Waals surface area contributed by atoms with Gasteiger partial charge < -0.3 is 10.2 Å². The molecule has 0 amide bonds. The first-order valence-corrected chi connectivity index (χ1v) is 5.40. The van der Waals surface area contributed by atoms with Gasteiger partial charge in [-0.3, -0.25) is 0 Å². The van der Waals surface area contributed by atoms with Crippen molar-refractivity contribution in [3.8, 4) is 5.75 Å². The van der Waals surface area contributed by atoms with Crippen LogP contribution in [-0.4, -0.2) is 16.2 Å². The van der Waals surface area contributed by atoms with Crippen LogP contribution >= 0.6 is 27.3 Å². The summed E-state index contributed by atoms with van der Waals surface area (Å²) in [5, 5.41) is 20.9. The van der Waals surface area contributed by atoms with Gasteiger partial charge in [0.05, 0.1) is 14.7 Å². The van der Waals surface area contributed by atoms with E-state index in [0.717, 1.165) is 4.70 Å². The number of hydrogen-bond acceptors (Lipinski definition) is 3. The van der Waals surface area contributed by atoms with Gasteiger partial charge in [-0.05, 0) is 33.4 Å². The van der Waals surface area contributed by atoms with E-state index in [1.807, 2.05) is 0 Å². The predicted molar refractivity (Wildman–Crippen MR) is 58.1 cm³/mol. The number of rotatable bonds is 1. The smallest absolute Gasteiger partial charge is 0.337 e. The summed E-state index contributed by atoms with van der Waals surface area (Å²) < 4.78 is 1.27. The van der Waals surface area contributed by atoms with Gasteiger partial charge in [-0.25, -0.2) is 4.79 Å². The largest absolute Gasteiger partial charge is 0.507 e. The van der Waals surface area contributed by atoms with Gasteiger partial charge in [0.2, 0.25) is 0 Å². The quantitative estimate of drug-likeness (QED) is 0.839. The van der Waals surface area contributed by atoms with Gasteiger partial charge >= 0.3 is 5.97 Å². The fourth-order valence-electron chi connectivity index (χ4n) is 1.24. The minimum absolute atomic E-state index is 0.00171. The van der Waals surface area contributed by atoms with Crippen molar-refractivity contribution < 1.29 is 15.0 Å². The number of aromatic carboxylic acids is 1. The molecule has 0 bridgehead atoms. The molecule has 0 fully saturated rings. The Morgan fingerprint density at radius 3 is 2.86 bits per heavy atom. The monoisotopic (exact) mass is 272 g/mol. The fraction of sp³-hybridized carbons (Fsp3) is 0. The molecular formula is C9H5BrO3S. The molecular weight excluding hydrogens is 268 g/mol. The van der Waals surface area contributed by atoms with Crippen LogP contribution in [0.5, 0.6) is 5.75 Å². The maximum atomic E-state index is 10.8. The molecule has 2 aromatic rings. The van der Waals surface area contributed by atoms with Crippen LogP contribution in [0.1, 0.15) is 10.4 Å². The number of hydrogen-bond donors (Lipinski definition) is 2. The minimum Gasteiger partial charge on any atom is -0.507 e. The van der Waals surface area contributed by atoms with E-state index in [2.05, 4.69) is 15.9 Å². The van der Waals surface area contributed by atoms with Gasteiger partial charge in [-0.15, -0.1) is 11.3 Å². The van der Waals surface area contributed by atoms with Crippen LogP contribution in [-0.2, 0) is 0 Å². The summed E-state index contributed by atoms with van der Waals surface area (Å²) >= 11 is 4.60. The van der Waals surface area contributed by atoms with Crippen molar-refractivity contribution >= 4 is 43.3 Å². The van der Waals surface area contributed by atoms with Gasteiger partial charge in [0, 0.05) is 5.39 Å². The maximum absolute atomic E-state index is 10.8. The van der Waals surface area contributed by atoms with Crippen LogP contribution in [0.3, 0.4) is 0 Å². The van der Waals surface area contributed by atoms with Crippen LogP contribution in [0.25, 0.3) is 10.1 Å². The molecule has 0 aliphatic rings. The third-order valence-electron chi connectivity index (χ3n) is 1.89. The van der Waals surface area contributed by atoms with E-state index in [0.29, 0.717) is 9.86 Å². The number of carbonyl (C=O) groups is 1. The van der Waals surface area contributed by atoms with E-state index >= 15 is 0 Å². The SMILES string of the molecule is O=C(O)c1cc(O)c2ccsc2c1Br. The second-order valence-electron chi connectivity index (χ2n) is 2.73. The van der Waals surface area contributed by atoms with Gasteiger partial charge in [-0.2, -0.15) is 0 Å². The number of carboxylic acid groups (broad SMARTS) is 1. The molecule has 5 heteroatoms. The highest BCUT2D eigenvalue weighted by atomic mass is 79.9. The van der Waals surface area contributed by atoms with Crippen LogP contribution in [0.4, 0.5) is 0 Å². The van der Waals surface area contributed by atoms with Gasteiger partial charge in [0.15, 0.2) is 0 Å². The van der Waals surface area contributed by atoms with E-state index in [1.165, 1.54) is 17.4 Å². The summed E-state index contributed by atoms with van der Waals surface area (Å²) in [5.74, 6) is -1.05. The average Bonchev–Trinajstić information content (AvgIpc) is 2.59. The number of thiophene rings is 1. The summed E-state index contributed by atoms with van der Waals surface area (Å²) in [5.41, 5.74) is 0.0810. The molecule has 1 aromatic heterocycles. The molecule has 0 saturated heterocycles. The summed E-state index contributed by atoms with van der Waals surface area (Å²) in [6, 6.07) is 3.01. The predicted octanol–water partition coefficient (Wildman–Crippen LogP) is 3.07. The second-order valence-corrected chi connectivity index (χ2v) is 4.43. The number of phenolic OH excluding ortho intramolecular Hbond substituents is 1. The molecule has 72 valence electrons. The van der Waals surface area contributed by atoms with Crippen LogP contribution in [0.2, 0.25) is 0 Å². The van der Waals surface area contributed by atoms with E-state index < -0.39 is 5.97 Å². The Morgan fingerprint density at radius 2 is 2.21 bits per heavy atom. The Labute approximate surface area is 91.7 Å². The van der Waals surface area contributed by atoms with E-state index in [1.54, 1.807) is 11.4 Å². The van der Waals surface area contributed by atoms with Crippen molar-refractivity contribution in [3.63, 3.8) is 0 Å². The molecule has 14 heavy (non-hydrogen) atoms. The lowest BCUT2D eigenvalue weighted by Crippen LogP contribution is -1.97. The topological polar surface area (TPSA) is 57.5 Å². The maximum Gasteiger partial charge on any atom is 0.337 e. The van der Waals surface area contributed by atoms with E-state index in [4.69, 9.17) is 5.11 Å². The van der Waals surface area contributed by atoms with Crippen molar-refractivity contribution in [2.75, 3.05) is 0 Å². The lowest BCUT2D eigenvalue weighted by molar-refractivity contribution is 0.0695. The summed E-state index contributed by atoms with van der Waals surface area (Å²) in [4.78, 5) is 10.8. The summed E-state index contributed by atoms with van der Waals surface area (Å²) in [6.07, 6.45) is 0. The van der Waals surface area contributed by atoms with Crippen molar-refractivity contribution in [3.05, 3.63) is 27.5 Å². The zero-order chi connectivity index (χ0) is 10.3. The third kappa shape index (κ3) is 1.29. The molecule has 3 nitrogen and oxygen atoms in total. The molecule has 2 rings (SSSR count). The molecule has 2 N–H and O–H groups in total. The van der Waals surface area contributed by atoms with Gasteiger partial charge in [0.25, 0.3) is 0 Å². The molecule has 0 unspecified atom stereocenters. The first-order valence-electron chi connectivity index (χ1n) is 3.73. The number of fused-ring (bicyclic) bond motifs is 1. The first-order chi connectivity index (χ1) is 6.61. The summed E-state index contributed by atoms with van der Waals surface area (Å²) in [6.45, 7) is 0. The number of carboxylic acids is 1. The average molecular weight is 273 g/mol. The van der Waals surface area contributed by atoms with Crippen LogP contribution < -0.4 is 0 Å². The molecule has 0 spiro atoms. The van der Waals surface area contributed by atoms with Crippen molar-refractivity contribution in [1.29, 1.82) is 0 Å². The number of aromatic hydroxyl groups is 1. The van der Waals surface area contributed by atoms with Crippen LogP contribution in [0.15, 0.2) is 22.0 Å². The lowest BCUT2D eigenvalue weighted by atomic mass is 10.1. The van der Waals surface area contributed by atoms with Crippen molar-refractivity contribution in [2.45, 2.75) is 0 Å². The highest BCUT2D eigenvalue weighted by Gasteiger charge is 2.15. The van der Waals surface area contributed by atoms with Gasteiger partial charge in [-0.1, -0.05) is 0 Å². The Balaban J connectivity index is 2.88. The highest BCUT2D eigenvalue weighted by molar-refractivity contribution is 9.10. The first kappa shape index (κ1) is 9.48. The molecule has 1 heterocycles. The highest BCUT2D eigenvalue weighted by Crippen LogP contribution is 2.37. The van der Waals surface area contributed by atoms with Crippen LogP contribution in [0, 0.1) is 0 Å². The molecule has 1 aromatic carbocycles. The number of halogens is 1.